The molecule has 0 unspecified atom stereocenters. The van der Waals surface area contributed by atoms with E-state index in [0.29, 0.717) is 5.76 Å². The lowest BCUT2D eigenvalue weighted by atomic mass is 10.1. The lowest BCUT2D eigenvalue weighted by Crippen LogP contribution is -2.23. The molecule has 0 aliphatic rings. The van der Waals surface area contributed by atoms with Gasteiger partial charge in [-0.1, -0.05) is 0 Å². The molecule has 1 aromatic heterocycles. The molecule has 0 fully saturated rings. The Morgan fingerprint density at radius 3 is 2.62 bits per heavy atom. The van der Waals surface area contributed by atoms with Crippen LogP contribution in [0.3, 0.4) is 0 Å². The molecular weight excluding hydrogens is 285 g/mol. The van der Waals surface area contributed by atoms with Crippen molar-refractivity contribution in [3.05, 3.63) is 53.5 Å². The Kier molecular flexibility index (Phi) is 4.21. The smallest absolute Gasteiger partial charge is 0.418 e. The summed E-state index contributed by atoms with van der Waals surface area (Å²) in [5.74, 6) is -0.0780. The van der Waals surface area contributed by atoms with Crippen molar-refractivity contribution in [3.63, 3.8) is 0 Å². The minimum Gasteiger partial charge on any atom is -0.467 e. The van der Waals surface area contributed by atoms with E-state index in [9.17, 15) is 18.0 Å². The van der Waals surface area contributed by atoms with E-state index >= 15 is 0 Å². The van der Waals surface area contributed by atoms with Crippen LogP contribution in [0.15, 0.2) is 41.0 Å². The number of anilines is 1. The fourth-order valence-electron chi connectivity index (χ4n) is 1.82. The molecule has 2 rings (SSSR count). The predicted octanol–water partition coefficient (Wildman–Crippen LogP) is 3.27. The summed E-state index contributed by atoms with van der Waals surface area (Å²) in [6.07, 6.45) is -3.08. The number of carbonyl (C=O) groups is 1. The van der Waals surface area contributed by atoms with Crippen LogP contribution in [-0.4, -0.2) is 13.0 Å². The molecule has 1 aromatic carbocycles. The maximum Gasteiger partial charge on any atom is 0.418 e. The van der Waals surface area contributed by atoms with Crippen LogP contribution in [0, 0.1) is 0 Å². The minimum atomic E-state index is -4.53. The zero-order valence-electron chi connectivity index (χ0n) is 11.1. The van der Waals surface area contributed by atoms with Gasteiger partial charge in [0.1, 0.15) is 5.76 Å². The number of benzene rings is 1. The molecule has 0 saturated heterocycles. The lowest BCUT2D eigenvalue weighted by molar-refractivity contribution is -0.136. The highest BCUT2D eigenvalue weighted by Gasteiger charge is 2.34. The Balaban J connectivity index is 2.17. The third-order valence-electron chi connectivity index (χ3n) is 2.86. The Morgan fingerprint density at radius 2 is 2.05 bits per heavy atom. The maximum atomic E-state index is 12.9. The first kappa shape index (κ1) is 15.0. The molecule has 1 heterocycles. The molecule has 4 nitrogen and oxygen atoms in total. The average Bonchev–Trinajstić information content (AvgIpc) is 2.96. The van der Waals surface area contributed by atoms with Gasteiger partial charge in [0.05, 0.1) is 18.4 Å². The Morgan fingerprint density at radius 1 is 1.29 bits per heavy atom. The van der Waals surface area contributed by atoms with Crippen LogP contribution in [0.25, 0.3) is 0 Å². The number of hydrogen-bond acceptors (Lipinski definition) is 3. The quantitative estimate of drug-likeness (QED) is 0.911. The zero-order chi connectivity index (χ0) is 15.5. The Bertz CT molecular complexity index is 622. The second kappa shape index (κ2) is 5.90. The highest BCUT2D eigenvalue weighted by Crippen LogP contribution is 2.35. The maximum absolute atomic E-state index is 12.9. The van der Waals surface area contributed by atoms with Gasteiger partial charge in [0.2, 0.25) is 0 Å². The van der Waals surface area contributed by atoms with Crippen molar-refractivity contribution < 1.29 is 22.4 Å². The molecule has 7 heteroatoms. The first-order valence-corrected chi connectivity index (χ1v) is 6.11. The van der Waals surface area contributed by atoms with Crippen LogP contribution < -0.4 is 10.6 Å². The van der Waals surface area contributed by atoms with Crippen molar-refractivity contribution in [2.75, 3.05) is 12.4 Å². The van der Waals surface area contributed by atoms with E-state index < -0.39 is 17.6 Å². The largest absolute Gasteiger partial charge is 0.467 e. The summed E-state index contributed by atoms with van der Waals surface area (Å²) in [6, 6.07) is 6.70. The van der Waals surface area contributed by atoms with Gasteiger partial charge in [-0.3, -0.25) is 4.79 Å². The summed E-state index contributed by atoms with van der Waals surface area (Å²) in [7, 11) is 1.39. The van der Waals surface area contributed by atoms with E-state index in [0.717, 1.165) is 6.07 Å². The van der Waals surface area contributed by atoms with Gasteiger partial charge in [0, 0.05) is 18.3 Å². The number of carbonyl (C=O) groups excluding carboxylic acids is 1. The summed E-state index contributed by atoms with van der Waals surface area (Å²) < 4.78 is 43.7. The molecule has 21 heavy (non-hydrogen) atoms. The van der Waals surface area contributed by atoms with Crippen LogP contribution in [0.4, 0.5) is 18.9 Å². The van der Waals surface area contributed by atoms with Crippen molar-refractivity contribution in [2.24, 2.45) is 0 Å². The molecule has 0 saturated carbocycles. The topological polar surface area (TPSA) is 54.3 Å². The van der Waals surface area contributed by atoms with Gasteiger partial charge in [-0.15, -0.1) is 0 Å². The fraction of sp³-hybridized carbons (Fsp3) is 0.214. The van der Waals surface area contributed by atoms with Crippen LogP contribution in [-0.2, 0) is 12.7 Å². The van der Waals surface area contributed by atoms with Crippen molar-refractivity contribution in [3.8, 4) is 0 Å². The molecule has 2 N–H and O–H groups in total. The standard InChI is InChI=1S/C14H13F3N2O2/c1-18-12-5-4-9(7-11(12)14(15,16)17)13(20)19-8-10-3-2-6-21-10/h2-7,18H,8H2,1H3,(H,19,20). The first-order chi connectivity index (χ1) is 9.91. The third-order valence-corrected chi connectivity index (χ3v) is 2.86. The normalized spacial score (nSPS) is 11.2. The number of alkyl halides is 3. The van der Waals surface area contributed by atoms with Gasteiger partial charge in [-0.25, -0.2) is 0 Å². The molecule has 0 spiro atoms. The van der Waals surface area contributed by atoms with E-state index in [1.54, 1.807) is 12.1 Å². The Hall–Kier alpha value is -2.44. The average molecular weight is 298 g/mol. The molecule has 0 aliphatic carbocycles. The molecule has 1 amide bonds. The summed E-state index contributed by atoms with van der Waals surface area (Å²) in [5.41, 5.74) is -1.02. The van der Waals surface area contributed by atoms with Gasteiger partial charge in [-0.05, 0) is 30.3 Å². The van der Waals surface area contributed by atoms with E-state index in [1.165, 1.54) is 25.4 Å². The van der Waals surface area contributed by atoms with Crippen molar-refractivity contribution in [2.45, 2.75) is 12.7 Å². The fourth-order valence-corrected chi connectivity index (χ4v) is 1.82. The number of nitrogens with one attached hydrogen (secondary N) is 2. The lowest BCUT2D eigenvalue weighted by Gasteiger charge is -2.14. The van der Waals surface area contributed by atoms with Gasteiger partial charge >= 0.3 is 6.18 Å². The van der Waals surface area contributed by atoms with Crippen molar-refractivity contribution >= 4 is 11.6 Å². The van der Waals surface area contributed by atoms with E-state index in [2.05, 4.69) is 10.6 Å². The van der Waals surface area contributed by atoms with Gasteiger partial charge in [-0.2, -0.15) is 13.2 Å². The summed E-state index contributed by atoms with van der Waals surface area (Å²) in [5, 5.41) is 4.95. The van der Waals surface area contributed by atoms with Gasteiger partial charge < -0.3 is 15.1 Å². The van der Waals surface area contributed by atoms with E-state index in [4.69, 9.17) is 4.42 Å². The predicted molar refractivity (Wildman–Crippen MR) is 70.9 cm³/mol. The second-order valence-electron chi connectivity index (χ2n) is 4.27. The monoisotopic (exact) mass is 298 g/mol. The van der Waals surface area contributed by atoms with Crippen LogP contribution >= 0.6 is 0 Å². The first-order valence-electron chi connectivity index (χ1n) is 6.11. The zero-order valence-corrected chi connectivity index (χ0v) is 11.1. The molecule has 0 radical (unpaired) electrons. The number of furan rings is 1. The molecule has 2 aromatic rings. The molecule has 0 atom stereocenters. The van der Waals surface area contributed by atoms with Crippen LogP contribution in [0.2, 0.25) is 0 Å². The van der Waals surface area contributed by atoms with E-state index in [-0.39, 0.29) is 17.8 Å². The summed E-state index contributed by atoms with van der Waals surface area (Å²) in [4.78, 5) is 11.9. The molecule has 112 valence electrons. The number of rotatable bonds is 4. The van der Waals surface area contributed by atoms with Crippen molar-refractivity contribution in [1.82, 2.24) is 5.32 Å². The number of amides is 1. The summed E-state index contributed by atoms with van der Waals surface area (Å²) in [6.45, 7) is 0.112. The van der Waals surface area contributed by atoms with E-state index in [1.807, 2.05) is 0 Å². The molecule has 0 bridgehead atoms. The minimum absolute atomic E-state index is 0.0621. The van der Waals surface area contributed by atoms with Crippen LogP contribution in [0.5, 0.6) is 0 Å². The SMILES string of the molecule is CNc1ccc(C(=O)NCc2ccco2)cc1C(F)(F)F. The molecular formula is C14H13F3N2O2. The summed E-state index contributed by atoms with van der Waals surface area (Å²) >= 11 is 0. The molecule has 0 aliphatic heterocycles. The van der Waals surface area contributed by atoms with Crippen molar-refractivity contribution in [1.29, 1.82) is 0 Å². The van der Waals surface area contributed by atoms with Crippen LogP contribution in [0.1, 0.15) is 21.7 Å². The number of halogens is 3. The highest BCUT2D eigenvalue weighted by molar-refractivity contribution is 5.94. The van der Waals surface area contributed by atoms with Gasteiger partial charge in [0.15, 0.2) is 0 Å². The highest BCUT2D eigenvalue weighted by atomic mass is 19.4. The Labute approximate surface area is 119 Å². The number of hydrogen-bond donors (Lipinski definition) is 2. The second-order valence-corrected chi connectivity index (χ2v) is 4.27. The third kappa shape index (κ3) is 3.56. The van der Waals surface area contributed by atoms with Gasteiger partial charge in [0.25, 0.3) is 5.91 Å².